The van der Waals surface area contributed by atoms with E-state index in [1.165, 1.54) is 0 Å². The number of carbonyl (C=O) groups excluding carboxylic acids is 1. The molecule has 0 amide bonds. The van der Waals surface area contributed by atoms with Crippen molar-refractivity contribution in [3.63, 3.8) is 0 Å². The van der Waals surface area contributed by atoms with Gasteiger partial charge in [-0.1, -0.05) is 18.2 Å². The Morgan fingerprint density at radius 3 is 2.23 bits per heavy atom. The Balaban J connectivity index is 1.96. The predicted octanol–water partition coefficient (Wildman–Crippen LogP) is 3.69. The summed E-state index contributed by atoms with van der Waals surface area (Å²) < 4.78 is 16.2. The molecule has 0 spiro atoms. The number of carbonyl (C=O) groups is 1. The third kappa shape index (κ3) is 4.52. The lowest BCUT2D eigenvalue weighted by Gasteiger charge is -2.11. The number of benzene rings is 2. The molecule has 0 aliphatic carbocycles. The summed E-state index contributed by atoms with van der Waals surface area (Å²) in [5, 5.41) is 0. The molecule has 4 heteroatoms. The summed E-state index contributed by atoms with van der Waals surface area (Å²) >= 11 is 0. The monoisotopic (exact) mass is 300 g/mol. The second-order valence-corrected chi connectivity index (χ2v) is 4.97. The van der Waals surface area contributed by atoms with Crippen LogP contribution in [0.3, 0.4) is 0 Å². The third-order valence-corrected chi connectivity index (χ3v) is 2.92. The summed E-state index contributed by atoms with van der Waals surface area (Å²) in [5.74, 6) is 1.14. The third-order valence-electron chi connectivity index (χ3n) is 2.92. The molecule has 0 atom stereocenters. The minimum absolute atomic E-state index is 0.149. The molecule has 116 valence electrons. The smallest absolute Gasteiger partial charge is 0.349 e. The molecule has 0 aliphatic heterocycles. The van der Waals surface area contributed by atoms with Crippen LogP contribution >= 0.6 is 0 Å². The Labute approximate surface area is 130 Å². The zero-order valence-corrected chi connectivity index (χ0v) is 13.1. The molecule has 0 aromatic heterocycles. The fourth-order valence-electron chi connectivity index (χ4n) is 2.12. The first-order valence-electron chi connectivity index (χ1n) is 7.22. The van der Waals surface area contributed by atoms with Crippen molar-refractivity contribution in [1.82, 2.24) is 0 Å². The highest BCUT2D eigenvalue weighted by molar-refractivity contribution is 5.74. The average Bonchev–Trinajstić information content (AvgIpc) is 2.46. The van der Waals surface area contributed by atoms with Gasteiger partial charge in [-0.05, 0) is 56.2 Å². The van der Waals surface area contributed by atoms with Gasteiger partial charge < -0.3 is 14.2 Å². The van der Waals surface area contributed by atoms with Crippen LogP contribution in [0.5, 0.6) is 17.2 Å². The molecule has 2 rings (SSSR count). The quantitative estimate of drug-likeness (QED) is 0.603. The van der Waals surface area contributed by atoms with E-state index in [-0.39, 0.29) is 6.61 Å². The molecule has 2 aromatic carbocycles. The lowest BCUT2D eigenvalue weighted by molar-refractivity contribution is -0.136. The highest BCUT2D eigenvalue weighted by atomic mass is 16.6. The number of hydrogen-bond donors (Lipinski definition) is 0. The molecule has 4 nitrogen and oxygen atoms in total. The predicted molar refractivity (Wildman–Crippen MR) is 84.7 cm³/mol. The second kappa shape index (κ2) is 7.50. The Bertz CT molecular complexity index is 629. The van der Waals surface area contributed by atoms with E-state index in [4.69, 9.17) is 14.2 Å². The van der Waals surface area contributed by atoms with E-state index >= 15 is 0 Å². The van der Waals surface area contributed by atoms with Crippen LogP contribution in [0.2, 0.25) is 0 Å². The van der Waals surface area contributed by atoms with Crippen molar-refractivity contribution < 1.29 is 19.0 Å². The van der Waals surface area contributed by atoms with E-state index in [1.54, 1.807) is 18.2 Å². The van der Waals surface area contributed by atoms with Crippen molar-refractivity contribution in [3.05, 3.63) is 53.6 Å². The van der Waals surface area contributed by atoms with Gasteiger partial charge in [-0.2, -0.15) is 0 Å². The van der Waals surface area contributed by atoms with Crippen molar-refractivity contribution in [3.8, 4) is 17.2 Å². The second-order valence-electron chi connectivity index (χ2n) is 4.97. The number of aryl methyl sites for hydroxylation is 2. The van der Waals surface area contributed by atoms with Gasteiger partial charge in [-0.15, -0.1) is 0 Å². The van der Waals surface area contributed by atoms with E-state index in [2.05, 4.69) is 0 Å². The van der Waals surface area contributed by atoms with E-state index in [0.29, 0.717) is 23.9 Å². The maximum Gasteiger partial charge on any atom is 0.349 e. The van der Waals surface area contributed by atoms with Gasteiger partial charge in [0.15, 0.2) is 18.1 Å². The van der Waals surface area contributed by atoms with Gasteiger partial charge in [-0.25, -0.2) is 4.79 Å². The van der Waals surface area contributed by atoms with Gasteiger partial charge in [-0.3, -0.25) is 0 Å². The number of rotatable bonds is 6. The van der Waals surface area contributed by atoms with Crippen LogP contribution in [0.25, 0.3) is 0 Å². The molecular weight excluding hydrogens is 280 g/mol. The maximum atomic E-state index is 11.9. The zero-order chi connectivity index (χ0) is 15.9. The molecule has 0 saturated carbocycles. The molecule has 22 heavy (non-hydrogen) atoms. The van der Waals surface area contributed by atoms with Crippen molar-refractivity contribution in [2.45, 2.75) is 20.8 Å². The lowest BCUT2D eigenvalue weighted by Crippen LogP contribution is -2.18. The molecule has 0 bridgehead atoms. The summed E-state index contributed by atoms with van der Waals surface area (Å²) in [6, 6.07) is 12.9. The van der Waals surface area contributed by atoms with Crippen LogP contribution in [0.4, 0.5) is 0 Å². The fourth-order valence-corrected chi connectivity index (χ4v) is 2.12. The normalized spacial score (nSPS) is 10.1. The van der Waals surface area contributed by atoms with Gasteiger partial charge in [0.05, 0.1) is 6.61 Å². The minimum Gasteiger partial charge on any atom is -0.490 e. The van der Waals surface area contributed by atoms with Crippen LogP contribution in [0.1, 0.15) is 18.1 Å². The maximum absolute atomic E-state index is 11.9. The summed E-state index contributed by atoms with van der Waals surface area (Å²) in [7, 11) is 0. The van der Waals surface area contributed by atoms with Gasteiger partial charge in [0.1, 0.15) is 5.75 Å². The summed E-state index contributed by atoms with van der Waals surface area (Å²) in [6.07, 6.45) is 0. The van der Waals surface area contributed by atoms with E-state index in [1.807, 2.05) is 45.0 Å². The Morgan fingerprint density at radius 2 is 1.59 bits per heavy atom. The summed E-state index contributed by atoms with van der Waals surface area (Å²) in [4.78, 5) is 11.9. The summed E-state index contributed by atoms with van der Waals surface area (Å²) in [5.41, 5.74) is 2.18. The molecule has 0 N–H and O–H groups in total. The molecule has 0 unspecified atom stereocenters. The van der Waals surface area contributed by atoms with Crippen molar-refractivity contribution in [2.75, 3.05) is 13.2 Å². The van der Waals surface area contributed by atoms with Crippen LogP contribution in [0.15, 0.2) is 42.5 Å². The largest absolute Gasteiger partial charge is 0.490 e. The van der Waals surface area contributed by atoms with Crippen molar-refractivity contribution in [1.29, 1.82) is 0 Å². The van der Waals surface area contributed by atoms with E-state index in [0.717, 1.165) is 11.1 Å². The van der Waals surface area contributed by atoms with Gasteiger partial charge in [0.25, 0.3) is 0 Å². The number of hydrogen-bond acceptors (Lipinski definition) is 4. The van der Waals surface area contributed by atoms with E-state index < -0.39 is 5.97 Å². The van der Waals surface area contributed by atoms with Crippen LogP contribution < -0.4 is 14.2 Å². The number of para-hydroxylation sites is 2. The van der Waals surface area contributed by atoms with Gasteiger partial charge >= 0.3 is 5.97 Å². The fraction of sp³-hybridized carbons (Fsp3) is 0.278. The first-order chi connectivity index (χ1) is 10.6. The molecule has 0 radical (unpaired) electrons. The molecule has 0 saturated heterocycles. The molecule has 2 aromatic rings. The van der Waals surface area contributed by atoms with Gasteiger partial charge in [0, 0.05) is 0 Å². The van der Waals surface area contributed by atoms with Crippen molar-refractivity contribution >= 4 is 5.97 Å². The first-order valence-corrected chi connectivity index (χ1v) is 7.22. The Morgan fingerprint density at radius 1 is 0.955 bits per heavy atom. The number of esters is 1. The number of ether oxygens (including phenoxy) is 3. The Hall–Kier alpha value is -2.49. The zero-order valence-electron chi connectivity index (χ0n) is 13.1. The summed E-state index contributed by atoms with van der Waals surface area (Å²) in [6.45, 7) is 6.20. The molecule has 0 fully saturated rings. The standard InChI is InChI=1S/C18H20O4/c1-4-20-16-7-5-6-8-17(16)22-18(19)12-21-15-10-13(2)9-14(3)11-15/h5-11H,4,12H2,1-3H3. The average molecular weight is 300 g/mol. The lowest BCUT2D eigenvalue weighted by atomic mass is 10.1. The van der Waals surface area contributed by atoms with Crippen LogP contribution in [0, 0.1) is 13.8 Å². The van der Waals surface area contributed by atoms with Crippen LogP contribution in [-0.2, 0) is 4.79 Å². The van der Waals surface area contributed by atoms with Gasteiger partial charge in [0.2, 0.25) is 0 Å². The minimum atomic E-state index is -0.466. The van der Waals surface area contributed by atoms with Crippen LogP contribution in [-0.4, -0.2) is 19.2 Å². The molecule has 0 heterocycles. The SMILES string of the molecule is CCOc1ccccc1OC(=O)COc1cc(C)cc(C)c1. The topological polar surface area (TPSA) is 44.8 Å². The Kier molecular flexibility index (Phi) is 5.42. The first kappa shape index (κ1) is 15.9. The van der Waals surface area contributed by atoms with Crippen molar-refractivity contribution in [2.24, 2.45) is 0 Å². The highest BCUT2D eigenvalue weighted by Crippen LogP contribution is 2.26. The van der Waals surface area contributed by atoms with E-state index in [9.17, 15) is 4.79 Å². The molecule has 0 aliphatic rings. The highest BCUT2D eigenvalue weighted by Gasteiger charge is 2.10. The molecular formula is C18H20O4.